The summed E-state index contributed by atoms with van der Waals surface area (Å²) >= 11 is 0. The number of rotatable bonds is 6. The average Bonchev–Trinajstić information content (AvgIpc) is 3.37. The third-order valence-corrected chi connectivity index (χ3v) is 4.94. The standard InChI is InChI=1S/C20H22N4O3/c1-12-6-19(16(10-21-12)18-8-20(25)23-24(18)2)27-11-13-7-15(13)17-5-4-14(26-3)9-22-17/h4-6,8-10,13,15H,7,11H2,1-3H3,(H,23,25)/t13-,15+/m1/s1. The van der Waals surface area contributed by atoms with Gasteiger partial charge in [0.15, 0.2) is 0 Å². The Morgan fingerprint density at radius 3 is 2.78 bits per heavy atom. The van der Waals surface area contributed by atoms with E-state index < -0.39 is 0 Å². The predicted molar refractivity (Wildman–Crippen MR) is 101 cm³/mol. The van der Waals surface area contributed by atoms with E-state index in [2.05, 4.69) is 15.1 Å². The molecule has 0 aromatic carbocycles. The van der Waals surface area contributed by atoms with Gasteiger partial charge in [-0.25, -0.2) is 0 Å². The van der Waals surface area contributed by atoms with Gasteiger partial charge in [0.25, 0.3) is 5.56 Å². The van der Waals surface area contributed by atoms with Gasteiger partial charge in [-0.2, -0.15) is 0 Å². The molecular weight excluding hydrogens is 344 g/mol. The lowest BCUT2D eigenvalue weighted by molar-refractivity contribution is 0.297. The smallest absolute Gasteiger partial charge is 0.264 e. The van der Waals surface area contributed by atoms with Crippen LogP contribution in [0, 0.1) is 12.8 Å². The Morgan fingerprint density at radius 2 is 2.11 bits per heavy atom. The van der Waals surface area contributed by atoms with Gasteiger partial charge in [0.2, 0.25) is 0 Å². The first-order valence-corrected chi connectivity index (χ1v) is 8.91. The molecule has 1 aliphatic carbocycles. The second kappa shape index (κ2) is 6.90. The monoisotopic (exact) mass is 366 g/mol. The topological polar surface area (TPSA) is 82.0 Å². The van der Waals surface area contributed by atoms with Crippen molar-refractivity contribution in [1.82, 2.24) is 19.7 Å². The highest BCUT2D eigenvalue weighted by Crippen LogP contribution is 2.47. The van der Waals surface area contributed by atoms with Gasteiger partial charge in [0.1, 0.15) is 11.5 Å². The lowest BCUT2D eigenvalue weighted by atomic mass is 10.1. The summed E-state index contributed by atoms with van der Waals surface area (Å²) in [7, 11) is 3.44. The van der Waals surface area contributed by atoms with Crippen LogP contribution >= 0.6 is 0 Å². The molecule has 140 valence electrons. The summed E-state index contributed by atoms with van der Waals surface area (Å²) in [4.78, 5) is 20.5. The minimum Gasteiger partial charge on any atom is -0.495 e. The van der Waals surface area contributed by atoms with Crippen LogP contribution in [-0.4, -0.2) is 33.5 Å². The molecule has 7 heteroatoms. The van der Waals surface area contributed by atoms with Crippen LogP contribution in [0.25, 0.3) is 11.3 Å². The van der Waals surface area contributed by atoms with E-state index in [-0.39, 0.29) is 5.56 Å². The van der Waals surface area contributed by atoms with Gasteiger partial charge in [0.05, 0.1) is 31.2 Å². The van der Waals surface area contributed by atoms with Crippen LogP contribution in [0.4, 0.5) is 0 Å². The zero-order valence-corrected chi connectivity index (χ0v) is 15.6. The molecular formula is C20H22N4O3. The van der Waals surface area contributed by atoms with Crippen LogP contribution in [0.1, 0.15) is 23.7 Å². The molecule has 0 unspecified atom stereocenters. The summed E-state index contributed by atoms with van der Waals surface area (Å²) in [5.41, 5.74) is 3.36. The maximum Gasteiger partial charge on any atom is 0.264 e. The van der Waals surface area contributed by atoms with Crippen molar-refractivity contribution in [2.45, 2.75) is 19.3 Å². The van der Waals surface area contributed by atoms with Crippen molar-refractivity contribution in [1.29, 1.82) is 0 Å². The lowest BCUT2D eigenvalue weighted by Crippen LogP contribution is -2.05. The molecule has 1 saturated carbocycles. The molecule has 0 radical (unpaired) electrons. The van der Waals surface area contributed by atoms with Gasteiger partial charge in [0, 0.05) is 48.6 Å². The predicted octanol–water partition coefficient (Wildman–Crippen LogP) is 2.67. The fourth-order valence-electron chi connectivity index (χ4n) is 3.31. The summed E-state index contributed by atoms with van der Waals surface area (Å²) < 4.78 is 13.0. The summed E-state index contributed by atoms with van der Waals surface area (Å²) in [6, 6.07) is 7.42. The number of hydrogen-bond donors (Lipinski definition) is 1. The van der Waals surface area contributed by atoms with Crippen molar-refractivity contribution in [3.63, 3.8) is 0 Å². The van der Waals surface area contributed by atoms with E-state index in [1.165, 1.54) is 0 Å². The number of aromatic amines is 1. The van der Waals surface area contributed by atoms with Crippen LogP contribution in [-0.2, 0) is 7.05 Å². The Morgan fingerprint density at radius 1 is 1.26 bits per heavy atom. The molecule has 0 saturated heterocycles. The average molecular weight is 366 g/mol. The highest BCUT2D eigenvalue weighted by atomic mass is 16.5. The van der Waals surface area contributed by atoms with Gasteiger partial charge >= 0.3 is 0 Å². The number of nitrogens with zero attached hydrogens (tertiary/aromatic N) is 3. The molecule has 0 amide bonds. The van der Waals surface area contributed by atoms with Crippen LogP contribution in [0.15, 0.2) is 41.5 Å². The highest BCUT2D eigenvalue weighted by molar-refractivity contribution is 5.66. The zero-order chi connectivity index (χ0) is 19.0. The van der Waals surface area contributed by atoms with Crippen molar-refractivity contribution in [2.24, 2.45) is 13.0 Å². The third-order valence-electron chi connectivity index (χ3n) is 4.94. The van der Waals surface area contributed by atoms with E-state index in [4.69, 9.17) is 9.47 Å². The van der Waals surface area contributed by atoms with E-state index in [0.29, 0.717) is 18.4 Å². The number of methoxy groups -OCH3 is 1. The Bertz CT molecular complexity index is 1010. The minimum atomic E-state index is -0.146. The fourth-order valence-corrected chi connectivity index (χ4v) is 3.31. The minimum absolute atomic E-state index is 0.146. The van der Waals surface area contributed by atoms with Crippen molar-refractivity contribution in [3.05, 3.63) is 58.4 Å². The molecule has 27 heavy (non-hydrogen) atoms. The largest absolute Gasteiger partial charge is 0.495 e. The van der Waals surface area contributed by atoms with Gasteiger partial charge in [-0.1, -0.05) is 0 Å². The van der Waals surface area contributed by atoms with Gasteiger partial charge in [-0.15, -0.1) is 0 Å². The summed E-state index contributed by atoms with van der Waals surface area (Å²) in [5, 5.41) is 2.72. The maximum atomic E-state index is 11.6. The number of ether oxygens (including phenoxy) is 2. The van der Waals surface area contributed by atoms with Gasteiger partial charge < -0.3 is 9.47 Å². The molecule has 4 rings (SSSR count). The second-order valence-corrected chi connectivity index (χ2v) is 6.92. The van der Waals surface area contributed by atoms with Crippen LogP contribution in [0.3, 0.4) is 0 Å². The molecule has 2 atom stereocenters. The van der Waals surface area contributed by atoms with Crippen molar-refractivity contribution >= 4 is 0 Å². The van der Waals surface area contributed by atoms with E-state index in [0.717, 1.165) is 40.6 Å². The Labute approximate surface area is 157 Å². The number of pyridine rings is 2. The van der Waals surface area contributed by atoms with Crippen molar-refractivity contribution in [3.8, 4) is 22.8 Å². The van der Waals surface area contributed by atoms with Gasteiger partial charge in [-0.3, -0.25) is 24.5 Å². The van der Waals surface area contributed by atoms with Crippen LogP contribution < -0.4 is 15.0 Å². The Balaban J connectivity index is 1.48. The number of H-pyrrole nitrogens is 1. The van der Waals surface area contributed by atoms with Crippen molar-refractivity contribution < 1.29 is 9.47 Å². The van der Waals surface area contributed by atoms with Crippen LogP contribution in [0.2, 0.25) is 0 Å². The molecule has 0 aliphatic heterocycles. The lowest BCUT2D eigenvalue weighted by Gasteiger charge is -2.12. The first-order chi connectivity index (χ1) is 13.0. The molecule has 3 heterocycles. The number of aryl methyl sites for hydroxylation is 2. The van der Waals surface area contributed by atoms with Gasteiger partial charge in [-0.05, 0) is 25.5 Å². The SMILES string of the molecule is COc1ccc([C@H]2C[C@@H]2COc2cc(C)ncc2-c2cc(=O)[nH]n2C)nc1. The molecule has 3 aromatic rings. The van der Waals surface area contributed by atoms with E-state index >= 15 is 0 Å². The Hall–Kier alpha value is -3.09. The molecule has 1 N–H and O–H groups in total. The first-order valence-electron chi connectivity index (χ1n) is 8.91. The van der Waals surface area contributed by atoms with Crippen molar-refractivity contribution in [2.75, 3.05) is 13.7 Å². The van der Waals surface area contributed by atoms with Crippen LogP contribution in [0.5, 0.6) is 11.5 Å². The molecule has 1 aliphatic rings. The normalized spacial score (nSPS) is 18.3. The highest BCUT2D eigenvalue weighted by Gasteiger charge is 2.40. The van der Waals surface area contributed by atoms with E-state index in [9.17, 15) is 4.79 Å². The quantitative estimate of drug-likeness (QED) is 0.725. The number of nitrogens with one attached hydrogen (secondary N) is 1. The maximum absolute atomic E-state index is 11.6. The third kappa shape index (κ3) is 3.58. The summed E-state index contributed by atoms with van der Waals surface area (Å²) in [6.45, 7) is 2.53. The van der Waals surface area contributed by atoms with E-state index in [1.807, 2.05) is 25.1 Å². The molecule has 1 fully saturated rings. The molecule has 0 bridgehead atoms. The summed E-state index contributed by atoms with van der Waals surface area (Å²) in [5.74, 6) is 2.35. The molecule has 3 aromatic heterocycles. The zero-order valence-electron chi connectivity index (χ0n) is 15.6. The number of aromatic nitrogens is 4. The number of hydrogen-bond acceptors (Lipinski definition) is 5. The second-order valence-electron chi connectivity index (χ2n) is 6.92. The summed E-state index contributed by atoms with van der Waals surface area (Å²) in [6.07, 6.45) is 4.56. The van der Waals surface area contributed by atoms with E-state index in [1.54, 1.807) is 37.3 Å². The fraction of sp³-hybridized carbons (Fsp3) is 0.350. The molecule has 7 nitrogen and oxygen atoms in total. The Kier molecular flexibility index (Phi) is 4.43. The molecule has 0 spiro atoms. The first kappa shape index (κ1) is 17.3.